The molecule has 1 saturated heterocycles. The average Bonchev–Trinajstić information content (AvgIpc) is 3.37. The first-order valence-corrected chi connectivity index (χ1v) is 10.0. The van der Waals surface area contributed by atoms with Crippen LogP contribution in [0.4, 0.5) is 5.69 Å². The Morgan fingerprint density at radius 2 is 2.00 bits per heavy atom. The summed E-state index contributed by atoms with van der Waals surface area (Å²) in [6.45, 7) is 3.23. The van der Waals surface area contributed by atoms with Crippen molar-refractivity contribution >= 4 is 39.1 Å². The highest BCUT2D eigenvalue weighted by molar-refractivity contribution is 7.16. The van der Waals surface area contributed by atoms with Crippen molar-refractivity contribution in [1.82, 2.24) is 14.5 Å². The van der Waals surface area contributed by atoms with Crippen LogP contribution in [0, 0.1) is 6.92 Å². The minimum Gasteiger partial charge on any atom is -0.339 e. The number of rotatable bonds is 4. The number of thiophene rings is 1. The number of likely N-dealkylation sites (tertiary alicyclic amines) is 1. The van der Waals surface area contributed by atoms with Crippen LogP contribution < -0.4 is 10.9 Å². The Labute approximate surface area is 165 Å². The fourth-order valence-electron chi connectivity index (χ4n) is 3.44. The zero-order chi connectivity index (χ0) is 19.7. The van der Waals surface area contributed by atoms with Gasteiger partial charge in [-0.05, 0) is 48.9 Å². The first-order valence-electron chi connectivity index (χ1n) is 9.16. The smallest absolute Gasteiger partial charge is 0.262 e. The molecule has 8 heteroatoms. The molecule has 1 aliphatic heterocycles. The van der Waals surface area contributed by atoms with Gasteiger partial charge in [-0.1, -0.05) is 6.07 Å². The van der Waals surface area contributed by atoms with Crippen LogP contribution in [-0.4, -0.2) is 39.4 Å². The van der Waals surface area contributed by atoms with Crippen LogP contribution in [0.1, 0.15) is 28.8 Å². The second-order valence-corrected chi connectivity index (χ2v) is 7.74. The predicted molar refractivity (Wildman–Crippen MR) is 109 cm³/mol. The van der Waals surface area contributed by atoms with Gasteiger partial charge in [-0.25, -0.2) is 4.98 Å². The van der Waals surface area contributed by atoms with Gasteiger partial charge in [0.15, 0.2) is 0 Å². The fraction of sp³-hybridized carbons (Fsp3) is 0.300. The van der Waals surface area contributed by atoms with Gasteiger partial charge >= 0.3 is 0 Å². The topological polar surface area (TPSA) is 84.3 Å². The predicted octanol–water partition coefficient (Wildman–Crippen LogP) is 2.64. The molecule has 7 nitrogen and oxygen atoms in total. The minimum absolute atomic E-state index is 0.00516. The summed E-state index contributed by atoms with van der Waals surface area (Å²) in [5, 5.41) is 5.13. The Kier molecular flexibility index (Phi) is 4.95. The van der Waals surface area contributed by atoms with Gasteiger partial charge in [-0.2, -0.15) is 0 Å². The van der Waals surface area contributed by atoms with Crippen LogP contribution >= 0.6 is 11.3 Å². The normalized spacial score (nSPS) is 13.8. The number of carbonyl (C=O) groups excluding carboxylic acids is 2. The summed E-state index contributed by atoms with van der Waals surface area (Å²) in [7, 11) is 0. The molecule has 3 aromatic rings. The molecule has 3 heterocycles. The molecule has 0 bridgehead atoms. The lowest BCUT2D eigenvalue weighted by Crippen LogP contribution is -2.29. The number of carbonyl (C=O) groups is 2. The molecule has 2 aromatic heterocycles. The van der Waals surface area contributed by atoms with Crippen molar-refractivity contribution in [3.8, 4) is 0 Å². The molecule has 4 rings (SSSR count). The largest absolute Gasteiger partial charge is 0.339 e. The second-order valence-electron chi connectivity index (χ2n) is 6.84. The third kappa shape index (κ3) is 3.43. The number of hydrogen-bond donors (Lipinski definition) is 1. The van der Waals surface area contributed by atoms with E-state index in [1.165, 1.54) is 22.2 Å². The molecule has 2 amide bonds. The van der Waals surface area contributed by atoms with Crippen molar-refractivity contribution in [3.05, 3.63) is 57.5 Å². The Balaban J connectivity index is 1.52. The van der Waals surface area contributed by atoms with E-state index < -0.39 is 0 Å². The Hall–Kier alpha value is -3.00. The first kappa shape index (κ1) is 18.4. The number of hydrogen-bond acceptors (Lipinski definition) is 5. The van der Waals surface area contributed by atoms with E-state index in [4.69, 9.17) is 0 Å². The molecule has 144 valence electrons. The molecule has 1 N–H and O–H groups in total. The van der Waals surface area contributed by atoms with Crippen molar-refractivity contribution < 1.29 is 9.59 Å². The number of fused-ring (bicyclic) bond motifs is 1. The summed E-state index contributed by atoms with van der Waals surface area (Å²) in [4.78, 5) is 44.4. The van der Waals surface area contributed by atoms with Gasteiger partial charge < -0.3 is 10.2 Å². The monoisotopic (exact) mass is 396 g/mol. The van der Waals surface area contributed by atoms with Crippen LogP contribution in [0.5, 0.6) is 0 Å². The summed E-state index contributed by atoms with van der Waals surface area (Å²) < 4.78 is 1.29. The highest BCUT2D eigenvalue weighted by Gasteiger charge is 2.22. The maximum absolute atomic E-state index is 12.7. The van der Waals surface area contributed by atoms with E-state index in [1.807, 2.05) is 11.8 Å². The number of nitrogens with one attached hydrogen (secondary N) is 1. The standard InChI is InChI=1S/C20H20N4O3S/c1-13-14(19(26)23-8-2-3-9-23)5-4-6-16(13)22-17(25)11-24-12-21-18-15(20(24)27)7-10-28-18/h4-7,10,12H,2-3,8-9,11H2,1H3,(H,22,25). The molecule has 0 atom stereocenters. The van der Waals surface area contributed by atoms with E-state index in [1.54, 1.807) is 29.6 Å². The van der Waals surface area contributed by atoms with Crippen molar-refractivity contribution in [2.75, 3.05) is 18.4 Å². The molecule has 0 saturated carbocycles. The van der Waals surface area contributed by atoms with E-state index in [0.29, 0.717) is 21.5 Å². The van der Waals surface area contributed by atoms with Crippen LogP contribution in [-0.2, 0) is 11.3 Å². The van der Waals surface area contributed by atoms with Gasteiger partial charge in [0.25, 0.3) is 11.5 Å². The molecular weight excluding hydrogens is 376 g/mol. The van der Waals surface area contributed by atoms with Gasteiger partial charge in [0.1, 0.15) is 11.4 Å². The Morgan fingerprint density at radius 1 is 1.21 bits per heavy atom. The lowest BCUT2D eigenvalue weighted by atomic mass is 10.1. The zero-order valence-electron chi connectivity index (χ0n) is 15.5. The minimum atomic E-state index is -0.340. The van der Waals surface area contributed by atoms with E-state index in [0.717, 1.165) is 31.5 Å². The van der Waals surface area contributed by atoms with Crippen molar-refractivity contribution in [1.29, 1.82) is 0 Å². The lowest BCUT2D eigenvalue weighted by molar-refractivity contribution is -0.116. The summed E-state index contributed by atoms with van der Waals surface area (Å²) >= 11 is 1.39. The molecule has 28 heavy (non-hydrogen) atoms. The Morgan fingerprint density at radius 3 is 2.79 bits per heavy atom. The van der Waals surface area contributed by atoms with Crippen LogP contribution in [0.2, 0.25) is 0 Å². The van der Waals surface area contributed by atoms with Gasteiger partial charge in [0.05, 0.1) is 11.7 Å². The molecule has 0 radical (unpaired) electrons. The zero-order valence-corrected chi connectivity index (χ0v) is 16.3. The maximum Gasteiger partial charge on any atom is 0.262 e. The highest BCUT2D eigenvalue weighted by atomic mass is 32.1. The number of aromatic nitrogens is 2. The molecular formula is C20H20N4O3S. The van der Waals surface area contributed by atoms with E-state index in [9.17, 15) is 14.4 Å². The van der Waals surface area contributed by atoms with E-state index in [2.05, 4.69) is 10.3 Å². The molecule has 0 unspecified atom stereocenters. The molecule has 0 aliphatic carbocycles. The fourth-order valence-corrected chi connectivity index (χ4v) is 4.17. The molecule has 0 spiro atoms. The van der Waals surface area contributed by atoms with Crippen LogP contribution in [0.15, 0.2) is 40.8 Å². The van der Waals surface area contributed by atoms with Crippen LogP contribution in [0.25, 0.3) is 10.2 Å². The highest BCUT2D eigenvalue weighted by Crippen LogP contribution is 2.22. The van der Waals surface area contributed by atoms with Gasteiger partial charge in [-0.3, -0.25) is 19.0 Å². The summed E-state index contributed by atoms with van der Waals surface area (Å²) in [5.74, 6) is -0.346. The van der Waals surface area contributed by atoms with E-state index in [-0.39, 0.29) is 23.9 Å². The lowest BCUT2D eigenvalue weighted by Gasteiger charge is -2.18. The maximum atomic E-state index is 12.7. The summed E-state index contributed by atoms with van der Waals surface area (Å²) in [5.41, 5.74) is 1.66. The first-order chi connectivity index (χ1) is 13.5. The van der Waals surface area contributed by atoms with Gasteiger partial charge in [-0.15, -0.1) is 11.3 Å². The van der Waals surface area contributed by atoms with Crippen molar-refractivity contribution in [3.63, 3.8) is 0 Å². The summed E-state index contributed by atoms with van der Waals surface area (Å²) in [6, 6.07) is 7.01. The molecule has 1 aliphatic rings. The van der Waals surface area contributed by atoms with Crippen molar-refractivity contribution in [2.45, 2.75) is 26.3 Å². The second kappa shape index (κ2) is 7.55. The molecule has 1 fully saturated rings. The number of benzene rings is 1. The quantitative estimate of drug-likeness (QED) is 0.735. The van der Waals surface area contributed by atoms with Crippen molar-refractivity contribution in [2.24, 2.45) is 0 Å². The van der Waals surface area contributed by atoms with Gasteiger partial charge in [0.2, 0.25) is 5.91 Å². The number of amides is 2. The number of nitrogens with zero attached hydrogens (tertiary/aromatic N) is 3. The van der Waals surface area contributed by atoms with Crippen LogP contribution in [0.3, 0.4) is 0 Å². The third-order valence-electron chi connectivity index (χ3n) is 5.00. The summed E-state index contributed by atoms with van der Waals surface area (Å²) in [6.07, 6.45) is 3.44. The average molecular weight is 396 g/mol. The number of anilines is 1. The molecule has 1 aromatic carbocycles. The van der Waals surface area contributed by atoms with E-state index >= 15 is 0 Å². The SMILES string of the molecule is Cc1c(NC(=O)Cn2cnc3sccc3c2=O)cccc1C(=O)N1CCCC1. The Bertz CT molecular complexity index is 1110. The third-order valence-corrected chi connectivity index (χ3v) is 5.82. The van der Waals surface area contributed by atoms with Gasteiger partial charge in [0, 0.05) is 24.3 Å².